The second-order valence-corrected chi connectivity index (χ2v) is 3.52. The Kier molecular flexibility index (Phi) is 5.67. The first-order valence-electron chi connectivity index (χ1n) is 5.53. The van der Waals surface area contributed by atoms with E-state index in [4.69, 9.17) is 4.74 Å². The predicted molar refractivity (Wildman–Crippen MR) is 67.0 cm³/mol. The number of nitrogens with one attached hydrogen (secondary N) is 2. The van der Waals surface area contributed by atoms with Crippen LogP contribution in [0.1, 0.15) is 6.92 Å². The predicted octanol–water partition coefficient (Wildman–Crippen LogP) is 1.54. The van der Waals surface area contributed by atoms with Crippen molar-refractivity contribution in [2.24, 2.45) is 0 Å². The molecule has 0 radical (unpaired) electrons. The molecule has 0 amide bonds. The number of hydrogen-bond donors (Lipinski definition) is 3. The lowest BCUT2D eigenvalue weighted by Crippen LogP contribution is -2.24. The Labute approximate surface area is 96.6 Å². The Balaban J connectivity index is 2.30. The Morgan fingerprint density at radius 1 is 1.25 bits per heavy atom. The van der Waals surface area contributed by atoms with Crippen LogP contribution in [0.3, 0.4) is 0 Å². The van der Waals surface area contributed by atoms with Gasteiger partial charge in [0.2, 0.25) is 0 Å². The number of aliphatic hydroxyl groups is 1. The van der Waals surface area contributed by atoms with Crippen LogP contribution in [0.15, 0.2) is 24.3 Å². The van der Waals surface area contributed by atoms with Gasteiger partial charge in [0.25, 0.3) is 0 Å². The molecule has 0 aliphatic rings. The zero-order valence-electron chi connectivity index (χ0n) is 9.86. The summed E-state index contributed by atoms with van der Waals surface area (Å²) >= 11 is 0. The second-order valence-electron chi connectivity index (χ2n) is 3.52. The molecule has 4 nitrogen and oxygen atoms in total. The largest absolute Gasteiger partial charge is 0.389 e. The van der Waals surface area contributed by atoms with Crippen molar-refractivity contribution in [3.05, 3.63) is 24.3 Å². The quantitative estimate of drug-likeness (QED) is 0.657. The maximum Gasteiger partial charge on any atom is 0.0945 e. The molecule has 0 bridgehead atoms. The fraction of sp³-hybridized carbons (Fsp3) is 0.500. The third-order valence-electron chi connectivity index (χ3n) is 2.23. The normalized spacial score (nSPS) is 12.2. The van der Waals surface area contributed by atoms with Crippen LogP contribution < -0.4 is 10.6 Å². The van der Waals surface area contributed by atoms with Crippen molar-refractivity contribution in [2.75, 3.05) is 37.4 Å². The molecule has 90 valence electrons. The fourth-order valence-electron chi connectivity index (χ4n) is 1.30. The molecule has 1 atom stereocenters. The molecule has 0 fully saturated rings. The third kappa shape index (κ3) is 4.51. The summed E-state index contributed by atoms with van der Waals surface area (Å²) in [6.45, 7) is 3.42. The van der Waals surface area contributed by atoms with Crippen LogP contribution in [0, 0.1) is 0 Å². The molecule has 1 rings (SSSR count). The first kappa shape index (κ1) is 12.8. The van der Waals surface area contributed by atoms with Crippen LogP contribution in [0.4, 0.5) is 11.4 Å². The molecular weight excluding hydrogens is 204 g/mol. The van der Waals surface area contributed by atoms with Crippen LogP contribution in [-0.4, -0.2) is 38.0 Å². The van der Waals surface area contributed by atoms with Gasteiger partial charge in [-0.2, -0.15) is 0 Å². The summed E-state index contributed by atoms with van der Waals surface area (Å²) in [5.74, 6) is 0. The summed E-state index contributed by atoms with van der Waals surface area (Å²) in [6.07, 6.45) is -0.469. The van der Waals surface area contributed by atoms with E-state index in [1.54, 1.807) is 0 Å². The van der Waals surface area contributed by atoms with Crippen molar-refractivity contribution >= 4 is 11.4 Å². The van der Waals surface area contributed by atoms with Gasteiger partial charge in [-0.05, 0) is 31.2 Å². The van der Waals surface area contributed by atoms with Crippen molar-refractivity contribution in [3.8, 4) is 0 Å². The summed E-state index contributed by atoms with van der Waals surface area (Å²) in [5, 5.41) is 15.7. The van der Waals surface area contributed by atoms with Gasteiger partial charge < -0.3 is 20.5 Å². The molecule has 0 heterocycles. The van der Waals surface area contributed by atoms with E-state index in [1.807, 2.05) is 38.2 Å². The number of benzene rings is 1. The minimum absolute atomic E-state index is 0.373. The van der Waals surface area contributed by atoms with Crippen molar-refractivity contribution in [1.29, 1.82) is 0 Å². The lowest BCUT2D eigenvalue weighted by Gasteiger charge is -2.12. The third-order valence-corrected chi connectivity index (χ3v) is 2.23. The molecule has 0 saturated heterocycles. The summed E-state index contributed by atoms with van der Waals surface area (Å²) < 4.78 is 5.12. The SMILES string of the molecule is CCOCC(O)CNc1ccc(NC)cc1. The van der Waals surface area contributed by atoms with Gasteiger partial charge in [0.05, 0.1) is 12.7 Å². The van der Waals surface area contributed by atoms with Crippen LogP contribution in [-0.2, 0) is 4.74 Å². The minimum atomic E-state index is -0.469. The average Bonchev–Trinajstić information content (AvgIpc) is 2.34. The van der Waals surface area contributed by atoms with Gasteiger partial charge in [-0.25, -0.2) is 0 Å². The number of anilines is 2. The summed E-state index contributed by atoms with van der Waals surface area (Å²) in [5.41, 5.74) is 2.06. The number of ether oxygens (including phenoxy) is 1. The molecule has 4 heteroatoms. The van der Waals surface area contributed by atoms with Crippen LogP contribution in [0.2, 0.25) is 0 Å². The molecule has 1 aromatic rings. The summed E-state index contributed by atoms with van der Waals surface area (Å²) in [6, 6.07) is 7.91. The molecule has 0 spiro atoms. The van der Waals surface area contributed by atoms with Crippen LogP contribution >= 0.6 is 0 Å². The minimum Gasteiger partial charge on any atom is -0.389 e. The monoisotopic (exact) mass is 224 g/mol. The zero-order valence-corrected chi connectivity index (χ0v) is 9.86. The first-order valence-corrected chi connectivity index (χ1v) is 5.53. The molecule has 0 aliphatic heterocycles. The highest BCUT2D eigenvalue weighted by molar-refractivity contribution is 5.53. The van der Waals surface area contributed by atoms with E-state index in [2.05, 4.69) is 10.6 Å². The average molecular weight is 224 g/mol. The van der Waals surface area contributed by atoms with Gasteiger partial charge in [0.1, 0.15) is 0 Å². The second kappa shape index (κ2) is 7.09. The molecule has 0 aromatic heterocycles. The Morgan fingerprint density at radius 2 is 1.88 bits per heavy atom. The van der Waals surface area contributed by atoms with Crippen molar-refractivity contribution in [2.45, 2.75) is 13.0 Å². The van der Waals surface area contributed by atoms with E-state index in [9.17, 15) is 5.11 Å². The highest BCUT2D eigenvalue weighted by atomic mass is 16.5. The van der Waals surface area contributed by atoms with E-state index in [1.165, 1.54) is 0 Å². The molecule has 0 saturated carbocycles. The Morgan fingerprint density at radius 3 is 2.44 bits per heavy atom. The topological polar surface area (TPSA) is 53.5 Å². The first-order chi connectivity index (χ1) is 7.76. The lowest BCUT2D eigenvalue weighted by atomic mass is 10.2. The van der Waals surface area contributed by atoms with E-state index in [-0.39, 0.29) is 0 Å². The maximum atomic E-state index is 9.54. The van der Waals surface area contributed by atoms with Gasteiger partial charge in [-0.1, -0.05) is 0 Å². The van der Waals surface area contributed by atoms with Gasteiger partial charge in [-0.15, -0.1) is 0 Å². The fourth-order valence-corrected chi connectivity index (χ4v) is 1.30. The van der Waals surface area contributed by atoms with E-state index in [0.29, 0.717) is 19.8 Å². The van der Waals surface area contributed by atoms with E-state index < -0.39 is 6.10 Å². The summed E-state index contributed by atoms with van der Waals surface area (Å²) in [4.78, 5) is 0. The van der Waals surface area contributed by atoms with Crippen LogP contribution in [0.5, 0.6) is 0 Å². The highest BCUT2D eigenvalue weighted by Gasteiger charge is 2.03. The zero-order chi connectivity index (χ0) is 11.8. The van der Waals surface area contributed by atoms with Gasteiger partial charge in [0, 0.05) is 31.6 Å². The van der Waals surface area contributed by atoms with Gasteiger partial charge >= 0.3 is 0 Å². The molecule has 16 heavy (non-hydrogen) atoms. The standard InChI is InChI=1S/C12H20N2O2/c1-3-16-9-12(15)8-14-11-6-4-10(13-2)5-7-11/h4-7,12-15H,3,8-9H2,1-2H3. The van der Waals surface area contributed by atoms with E-state index in [0.717, 1.165) is 11.4 Å². The van der Waals surface area contributed by atoms with Crippen molar-refractivity contribution < 1.29 is 9.84 Å². The van der Waals surface area contributed by atoms with Crippen molar-refractivity contribution in [3.63, 3.8) is 0 Å². The Hall–Kier alpha value is -1.26. The maximum absolute atomic E-state index is 9.54. The number of aliphatic hydroxyl groups excluding tert-OH is 1. The number of hydrogen-bond acceptors (Lipinski definition) is 4. The lowest BCUT2D eigenvalue weighted by molar-refractivity contribution is 0.0496. The molecule has 1 aromatic carbocycles. The van der Waals surface area contributed by atoms with Gasteiger partial charge in [0.15, 0.2) is 0 Å². The Bertz CT molecular complexity index is 288. The van der Waals surface area contributed by atoms with Crippen molar-refractivity contribution in [1.82, 2.24) is 0 Å². The molecule has 0 aliphatic carbocycles. The molecular formula is C12H20N2O2. The van der Waals surface area contributed by atoms with E-state index >= 15 is 0 Å². The molecule has 3 N–H and O–H groups in total. The number of rotatable bonds is 7. The highest BCUT2D eigenvalue weighted by Crippen LogP contribution is 2.12. The van der Waals surface area contributed by atoms with Gasteiger partial charge in [-0.3, -0.25) is 0 Å². The smallest absolute Gasteiger partial charge is 0.0945 e. The molecule has 1 unspecified atom stereocenters. The summed E-state index contributed by atoms with van der Waals surface area (Å²) in [7, 11) is 1.88. The van der Waals surface area contributed by atoms with Crippen LogP contribution in [0.25, 0.3) is 0 Å².